The lowest BCUT2D eigenvalue weighted by Crippen LogP contribution is -2.45. The molecule has 0 aromatic carbocycles. The van der Waals surface area contributed by atoms with Crippen LogP contribution >= 0.6 is 0 Å². The Labute approximate surface area is 126 Å². The molecule has 0 radical (unpaired) electrons. The lowest BCUT2D eigenvalue weighted by Gasteiger charge is -2.26. The molecule has 0 heterocycles. The Balaban J connectivity index is 4.79. The molecule has 6 heteroatoms. The van der Waals surface area contributed by atoms with Crippen LogP contribution in [0.25, 0.3) is 0 Å². The summed E-state index contributed by atoms with van der Waals surface area (Å²) in [4.78, 5) is 36.6. The van der Waals surface area contributed by atoms with Gasteiger partial charge in [-0.1, -0.05) is 27.2 Å². The fourth-order valence-corrected chi connectivity index (χ4v) is 1.37. The number of esters is 1. The summed E-state index contributed by atoms with van der Waals surface area (Å²) in [6, 6.07) is 0. The summed E-state index contributed by atoms with van der Waals surface area (Å²) in [6.07, 6.45) is 0.818. The molecule has 0 bridgehead atoms. The molecule has 0 aliphatic rings. The molecule has 0 aliphatic carbocycles. The number of amides is 2. The van der Waals surface area contributed by atoms with Gasteiger partial charge in [0, 0.05) is 5.92 Å². The van der Waals surface area contributed by atoms with Gasteiger partial charge in [0.2, 0.25) is 5.91 Å². The van der Waals surface area contributed by atoms with E-state index in [0.29, 0.717) is 0 Å². The van der Waals surface area contributed by atoms with E-state index < -0.39 is 36.0 Å². The van der Waals surface area contributed by atoms with Gasteiger partial charge in [0.15, 0.2) is 0 Å². The van der Waals surface area contributed by atoms with Crippen LogP contribution in [0.15, 0.2) is 0 Å². The lowest BCUT2D eigenvalue weighted by atomic mass is 10.2. The molecule has 0 aliphatic heterocycles. The molecular weight excluding hydrogens is 274 g/mol. The standard InChI is InChI=1S/C15H27NO5/c1-7-8-9-20-12(17)10-16(13(18)11(2)3)14(19)21-15(4,5)6/h11H,7-10H2,1-6H3. The second kappa shape index (κ2) is 8.64. The SMILES string of the molecule is CCCCOC(=O)CN(C(=O)OC(C)(C)C)C(=O)C(C)C. The topological polar surface area (TPSA) is 72.9 Å². The fourth-order valence-electron chi connectivity index (χ4n) is 1.37. The van der Waals surface area contributed by atoms with Gasteiger partial charge in [-0.25, -0.2) is 9.69 Å². The summed E-state index contributed by atoms with van der Waals surface area (Å²) >= 11 is 0. The molecule has 21 heavy (non-hydrogen) atoms. The zero-order valence-electron chi connectivity index (χ0n) is 13.9. The molecule has 0 aromatic heterocycles. The predicted octanol–water partition coefficient (Wildman–Crippen LogP) is 2.75. The zero-order valence-corrected chi connectivity index (χ0v) is 13.9. The normalized spacial score (nSPS) is 11.2. The van der Waals surface area contributed by atoms with Crippen LogP contribution in [0.4, 0.5) is 4.79 Å². The van der Waals surface area contributed by atoms with Gasteiger partial charge in [0.1, 0.15) is 12.1 Å². The third-order valence-corrected chi connectivity index (χ3v) is 2.42. The lowest BCUT2D eigenvalue weighted by molar-refractivity contribution is -0.149. The van der Waals surface area contributed by atoms with Crippen molar-refractivity contribution in [2.75, 3.05) is 13.2 Å². The summed E-state index contributed by atoms with van der Waals surface area (Å²) in [5, 5.41) is 0. The smallest absolute Gasteiger partial charge is 0.417 e. The van der Waals surface area contributed by atoms with Crippen molar-refractivity contribution >= 4 is 18.0 Å². The summed E-state index contributed by atoms with van der Waals surface area (Å²) in [5.41, 5.74) is -0.737. The molecule has 0 saturated heterocycles. The van der Waals surface area contributed by atoms with Crippen molar-refractivity contribution in [3.8, 4) is 0 Å². The molecule has 122 valence electrons. The summed E-state index contributed by atoms with van der Waals surface area (Å²) in [7, 11) is 0. The summed E-state index contributed by atoms with van der Waals surface area (Å²) < 4.78 is 10.1. The Hall–Kier alpha value is -1.59. The van der Waals surface area contributed by atoms with Crippen LogP contribution in [0.1, 0.15) is 54.4 Å². The average Bonchev–Trinajstić information content (AvgIpc) is 2.33. The Kier molecular flexibility index (Phi) is 7.99. The zero-order chi connectivity index (χ0) is 16.6. The van der Waals surface area contributed by atoms with Gasteiger partial charge < -0.3 is 9.47 Å². The molecule has 0 atom stereocenters. The minimum absolute atomic E-state index is 0.285. The monoisotopic (exact) mass is 301 g/mol. The third kappa shape index (κ3) is 8.32. The van der Waals surface area contributed by atoms with Crippen molar-refractivity contribution in [3.63, 3.8) is 0 Å². The molecule has 2 amide bonds. The van der Waals surface area contributed by atoms with Gasteiger partial charge in [0.25, 0.3) is 0 Å². The second-order valence-corrected chi connectivity index (χ2v) is 6.13. The maximum atomic E-state index is 12.1. The number of hydrogen-bond acceptors (Lipinski definition) is 5. The van der Waals surface area contributed by atoms with Crippen molar-refractivity contribution in [1.82, 2.24) is 4.90 Å². The first-order valence-corrected chi connectivity index (χ1v) is 7.28. The molecule has 0 unspecified atom stereocenters. The van der Waals surface area contributed by atoms with Crippen molar-refractivity contribution in [2.24, 2.45) is 5.92 Å². The van der Waals surface area contributed by atoms with Crippen LogP contribution in [0, 0.1) is 5.92 Å². The fraction of sp³-hybridized carbons (Fsp3) is 0.800. The molecule has 0 saturated carbocycles. The average molecular weight is 301 g/mol. The summed E-state index contributed by atoms with van der Waals surface area (Å²) in [6.45, 7) is 10.2. The molecule has 6 nitrogen and oxygen atoms in total. The number of carbonyl (C=O) groups excluding carboxylic acids is 3. The Morgan fingerprint density at radius 3 is 2.14 bits per heavy atom. The van der Waals surface area contributed by atoms with Gasteiger partial charge in [-0.3, -0.25) is 9.59 Å². The Morgan fingerprint density at radius 1 is 1.14 bits per heavy atom. The van der Waals surface area contributed by atoms with Crippen LogP contribution in [0.5, 0.6) is 0 Å². The maximum absolute atomic E-state index is 12.1. The molecule has 0 N–H and O–H groups in total. The van der Waals surface area contributed by atoms with Crippen LogP contribution in [0.2, 0.25) is 0 Å². The number of rotatable bonds is 6. The van der Waals surface area contributed by atoms with E-state index in [1.165, 1.54) is 0 Å². The molecular formula is C15H27NO5. The van der Waals surface area contributed by atoms with Crippen LogP contribution in [0.3, 0.4) is 0 Å². The molecule has 0 aromatic rings. The van der Waals surface area contributed by atoms with Crippen molar-refractivity contribution in [3.05, 3.63) is 0 Å². The Morgan fingerprint density at radius 2 is 1.71 bits per heavy atom. The van der Waals surface area contributed by atoms with E-state index in [4.69, 9.17) is 9.47 Å². The van der Waals surface area contributed by atoms with Crippen LogP contribution in [-0.2, 0) is 19.1 Å². The van der Waals surface area contributed by atoms with E-state index in [2.05, 4.69) is 0 Å². The number of hydrogen-bond donors (Lipinski definition) is 0. The number of imide groups is 1. The van der Waals surface area contributed by atoms with E-state index in [1.54, 1.807) is 34.6 Å². The number of unbranched alkanes of at least 4 members (excludes halogenated alkanes) is 1. The minimum Gasteiger partial charge on any atom is -0.464 e. The van der Waals surface area contributed by atoms with Crippen LogP contribution in [-0.4, -0.2) is 41.6 Å². The molecule has 0 rings (SSSR count). The number of nitrogens with zero attached hydrogens (tertiary/aromatic N) is 1. The molecule has 0 fully saturated rings. The highest BCUT2D eigenvalue weighted by atomic mass is 16.6. The van der Waals surface area contributed by atoms with Gasteiger partial charge in [0.05, 0.1) is 6.61 Å². The first kappa shape index (κ1) is 19.4. The van der Waals surface area contributed by atoms with Crippen molar-refractivity contribution in [1.29, 1.82) is 0 Å². The highest BCUT2D eigenvalue weighted by Gasteiger charge is 2.30. The highest BCUT2D eigenvalue weighted by Crippen LogP contribution is 2.12. The quantitative estimate of drug-likeness (QED) is 0.557. The first-order valence-electron chi connectivity index (χ1n) is 7.28. The van der Waals surface area contributed by atoms with Crippen molar-refractivity contribution < 1.29 is 23.9 Å². The van der Waals surface area contributed by atoms with E-state index >= 15 is 0 Å². The maximum Gasteiger partial charge on any atom is 0.417 e. The van der Waals surface area contributed by atoms with Gasteiger partial charge in [-0.05, 0) is 27.2 Å². The first-order chi connectivity index (χ1) is 9.58. The predicted molar refractivity (Wildman–Crippen MR) is 78.7 cm³/mol. The minimum atomic E-state index is -0.825. The largest absolute Gasteiger partial charge is 0.464 e. The van der Waals surface area contributed by atoms with E-state index in [0.717, 1.165) is 17.7 Å². The number of ether oxygens (including phenoxy) is 2. The van der Waals surface area contributed by atoms with Crippen LogP contribution < -0.4 is 0 Å². The highest BCUT2D eigenvalue weighted by molar-refractivity contribution is 5.96. The summed E-state index contributed by atoms with van der Waals surface area (Å²) in [5.74, 6) is -1.49. The van der Waals surface area contributed by atoms with Crippen molar-refractivity contribution in [2.45, 2.75) is 60.0 Å². The number of carbonyl (C=O) groups is 3. The Bertz CT molecular complexity index is 371. The van der Waals surface area contributed by atoms with Gasteiger partial charge in [-0.15, -0.1) is 0 Å². The van der Waals surface area contributed by atoms with Gasteiger partial charge in [-0.2, -0.15) is 0 Å². The van der Waals surface area contributed by atoms with E-state index in [9.17, 15) is 14.4 Å². The van der Waals surface area contributed by atoms with Gasteiger partial charge >= 0.3 is 12.1 Å². The van der Waals surface area contributed by atoms with E-state index in [-0.39, 0.29) is 6.61 Å². The third-order valence-electron chi connectivity index (χ3n) is 2.42. The molecule has 0 spiro atoms. The van der Waals surface area contributed by atoms with E-state index in [1.807, 2.05) is 6.92 Å². The second-order valence-electron chi connectivity index (χ2n) is 6.13.